The van der Waals surface area contributed by atoms with Gasteiger partial charge in [0.2, 0.25) is 5.91 Å². The number of carbonyl (C=O) groups excluding carboxylic acids is 1. The Morgan fingerprint density at radius 1 is 1.22 bits per heavy atom. The van der Waals surface area contributed by atoms with Crippen LogP contribution in [0.5, 0.6) is 5.75 Å². The molecule has 0 bridgehead atoms. The van der Waals surface area contributed by atoms with E-state index in [2.05, 4.69) is 22.5 Å². The minimum Gasteiger partial charge on any atom is -0.497 e. The molecular weight excluding hydrogens is 342 g/mol. The summed E-state index contributed by atoms with van der Waals surface area (Å²) in [6.45, 7) is 7.74. The van der Waals surface area contributed by atoms with E-state index < -0.39 is 0 Å². The largest absolute Gasteiger partial charge is 0.497 e. The lowest BCUT2D eigenvalue weighted by Gasteiger charge is -2.32. The zero-order valence-electron chi connectivity index (χ0n) is 16.7. The van der Waals surface area contributed by atoms with Gasteiger partial charge in [0.25, 0.3) is 0 Å². The number of ether oxygens (including phenoxy) is 1. The first-order valence-corrected chi connectivity index (χ1v) is 9.40. The van der Waals surface area contributed by atoms with Crippen LogP contribution in [0.4, 0.5) is 0 Å². The number of piperazine rings is 1. The molecular formula is C20H29N5O2. The summed E-state index contributed by atoms with van der Waals surface area (Å²) >= 11 is 0. The molecule has 1 amide bonds. The number of amides is 1. The third-order valence-electron chi connectivity index (χ3n) is 5.13. The standard InChI is InChI=1S/C20H29N5O2/c1-15-19(8-9-20(26)22-24-12-10-23(3)11-13-24)16(2)25(21-15)17-6-5-7-18(14-17)27-4/h5-7,14H,8-13H2,1-4H3,(H,22,26). The van der Waals surface area contributed by atoms with Crippen LogP contribution < -0.4 is 10.2 Å². The lowest BCUT2D eigenvalue weighted by molar-refractivity contribution is -0.126. The molecule has 0 spiro atoms. The molecule has 2 aromatic rings. The number of rotatable bonds is 6. The van der Waals surface area contributed by atoms with Gasteiger partial charge in [0, 0.05) is 44.4 Å². The van der Waals surface area contributed by atoms with Crippen LogP contribution >= 0.6 is 0 Å². The van der Waals surface area contributed by atoms with Crippen LogP contribution in [-0.4, -0.2) is 65.9 Å². The summed E-state index contributed by atoms with van der Waals surface area (Å²) in [5, 5.41) is 6.69. The van der Waals surface area contributed by atoms with Crippen molar-refractivity contribution >= 4 is 5.91 Å². The Hall–Kier alpha value is -2.38. The van der Waals surface area contributed by atoms with E-state index in [4.69, 9.17) is 4.74 Å². The summed E-state index contributed by atoms with van der Waals surface area (Å²) in [7, 11) is 3.76. The third-order valence-corrected chi connectivity index (χ3v) is 5.13. The number of aromatic nitrogens is 2. The second-order valence-corrected chi connectivity index (χ2v) is 7.09. The predicted molar refractivity (Wildman–Crippen MR) is 105 cm³/mol. The van der Waals surface area contributed by atoms with Crippen molar-refractivity contribution in [2.24, 2.45) is 0 Å². The maximum absolute atomic E-state index is 12.3. The highest BCUT2D eigenvalue weighted by Crippen LogP contribution is 2.22. The minimum atomic E-state index is 0.0625. The third kappa shape index (κ3) is 4.67. The average Bonchev–Trinajstić information content (AvgIpc) is 2.96. The summed E-state index contributed by atoms with van der Waals surface area (Å²) in [6.07, 6.45) is 1.14. The molecule has 0 atom stereocenters. The van der Waals surface area contributed by atoms with Crippen LogP contribution in [-0.2, 0) is 11.2 Å². The van der Waals surface area contributed by atoms with Gasteiger partial charge in [-0.25, -0.2) is 9.69 Å². The number of nitrogens with one attached hydrogen (secondary N) is 1. The molecule has 0 radical (unpaired) electrons. The molecule has 146 valence electrons. The van der Waals surface area contributed by atoms with Crippen LogP contribution in [0.3, 0.4) is 0 Å². The lowest BCUT2D eigenvalue weighted by Crippen LogP contribution is -2.52. The maximum atomic E-state index is 12.3. The molecule has 2 heterocycles. The summed E-state index contributed by atoms with van der Waals surface area (Å²) in [5.74, 6) is 0.862. The van der Waals surface area contributed by atoms with Gasteiger partial charge in [-0.05, 0) is 45.0 Å². The van der Waals surface area contributed by atoms with Gasteiger partial charge in [0.1, 0.15) is 5.75 Å². The monoisotopic (exact) mass is 371 g/mol. The topological polar surface area (TPSA) is 62.6 Å². The van der Waals surface area contributed by atoms with E-state index in [1.807, 2.05) is 47.8 Å². The molecule has 1 aliphatic heterocycles. The molecule has 1 saturated heterocycles. The summed E-state index contributed by atoms with van der Waals surface area (Å²) in [6, 6.07) is 7.84. The molecule has 27 heavy (non-hydrogen) atoms. The first-order chi connectivity index (χ1) is 13.0. The Morgan fingerprint density at radius 3 is 2.67 bits per heavy atom. The van der Waals surface area contributed by atoms with Gasteiger partial charge in [0.15, 0.2) is 0 Å². The van der Waals surface area contributed by atoms with Gasteiger partial charge in [-0.1, -0.05) is 6.07 Å². The number of hydrogen-bond acceptors (Lipinski definition) is 5. The van der Waals surface area contributed by atoms with Gasteiger partial charge in [-0.3, -0.25) is 10.2 Å². The van der Waals surface area contributed by atoms with Crippen molar-refractivity contribution in [1.82, 2.24) is 25.1 Å². The number of hydrogen-bond donors (Lipinski definition) is 1. The number of aryl methyl sites for hydroxylation is 1. The molecule has 0 saturated carbocycles. The Morgan fingerprint density at radius 2 is 1.96 bits per heavy atom. The Labute approximate surface area is 160 Å². The first-order valence-electron chi connectivity index (χ1n) is 9.40. The quantitative estimate of drug-likeness (QED) is 0.838. The maximum Gasteiger partial charge on any atom is 0.234 e. The van der Waals surface area contributed by atoms with Crippen LogP contribution in [0.2, 0.25) is 0 Å². The molecule has 1 N–H and O–H groups in total. The SMILES string of the molecule is COc1cccc(-n2nc(C)c(CCC(=O)NN3CCN(C)CC3)c2C)c1. The number of carbonyl (C=O) groups is 1. The zero-order chi connectivity index (χ0) is 19.4. The number of nitrogens with zero attached hydrogens (tertiary/aromatic N) is 4. The van der Waals surface area contributed by atoms with Crippen molar-refractivity contribution in [3.8, 4) is 11.4 Å². The average molecular weight is 371 g/mol. The number of hydrazine groups is 1. The van der Waals surface area contributed by atoms with Gasteiger partial charge in [-0.15, -0.1) is 0 Å². The smallest absolute Gasteiger partial charge is 0.234 e. The first kappa shape index (κ1) is 19.4. The fourth-order valence-electron chi connectivity index (χ4n) is 3.42. The molecule has 1 fully saturated rings. The van der Waals surface area contributed by atoms with E-state index >= 15 is 0 Å². The second-order valence-electron chi connectivity index (χ2n) is 7.09. The Balaban J connectivity index is 1.63. The van der Waals surface area contributed by atoms with Crippen molar-refractivity contribution in [3.05, 3.63) is 41.2 Å². The molecule has 3 rings (SSSR count). The van der Waals surface area contributed by atoms with E-state index in [0.29, 0.717) is 12.8 Å². The van der Waals surface area contributed by atoms with E-state index in [1.54, 1.807) is 7.11 Å². The zero-order valence-corrected chi connectivity index (χ0v) is 16.7. The number of likely N-dealkylation sites (N-methyl/N-ethyl adjacent to an activating group) is 1. The number of benzene rings is 1. The Kier molecular flexibility index (Phi) is 6.13. The van der Waals surface area contributed by atoms with E-state index in [1.165, 1.54) is 0 Å². The molecule has 1 aliphatic rings. The molecule has 1 aromatic heterocycles. The van der Waals surface area contributed by atoms with Crippen molar-refractivity contribution in [2.45, 2.75) is 26.7 Å². The van der Waals surface area contributed by atoms with Crippen LogP contribution in [0.15, 0.2) is 24.3 Å². The summed E-state index contributed by atoms with van der Waals surface area (Å²) in [5.41, 5.74) is 7.14. The van der Waals surface area contributed by atoms with E-state index in [0.717, 1.165) is 54.6 Å². The van der Waals surface area contributed by atoms with Crippen molar-refractivity contribution < 1.29 is 9.53 Å². The van der Waals surface area contributed by atoms with Crippen LogP contribution in [0, 0.1) is 13.8 Å². The minimum absolute atomic E-state index is 0.0625. The highest BCUT2D eigenvalue weighted by Gasteiger charge is 2.18. The van der Waals surface area contributed by atoms with Gasteiger partial charge in [0.05, 0.1) is 18.5 Å². The summed E-state index contributed by atoms with van der Waals surface area (Å²) in [4.78, 5) is 14.6. The van der Waals surface area contributed by atoms with Gasteiger partial charge >= 0.3 is 0 Å². The van der Waals surface area contributed by atoms with E-state index in [-0.39, 0.29) is 5.91 Å². The van der Waals surface area contributed by atoms with E-state index in [9.17, 15) is 4.79 Å². The second kappa shape index (κ2) is 8.54. The predicted octanol–water partition coefficient (Wildman–Crippen LogP) is 1.71. The molecule has 0 aliphatic carbocycles. The summed E-state index contributed by atoms with van der Waals surface area (Å²) < 4.78 is 7.23. The fraction of sp³-hybridized carbons (Fsp3) is 0.500. The lowest BCUT2D eigenvalue weighted by atomic mass is 10.1. The van der Waals surface area contributed by atoms with Crippen LogP contribution in [0.1, 0.15) is 23.4 Å². The molecule has 0 unspecified atom stereocenters. The molecule has 7 heteroatoms. The van der Waals surface area contributed by atoms with Gasteiger partial charge in [-0.2, -0.15) is 5.10 Å². The van der Waals surface area contributed by atoms with Crippen molar-refractivity contribution in [2.75, 3.05) is 40.3 Å². The molecule has 7 nitrogen and oxygen atoms in total. The molecule has 1 aromatic carbocycles. The Bertz CT molecular complexity index is 794. The highest BCUT2D eigenvalue weighted by molar-refractivity contribution is 5.75. The van der Waals surface area contributed by atoms with Crippen LogP contribution in [0.25, 0.3) is 5.69 Å². The van der Waals surface area contributed by atoms with Crippen molar-refractivity contribution in [3.63, 3.8) is 0 Å². The van der Waals surface area contributed by atoms with Gasteiger partial charge < -0.3 is 9.64 Å². The highest BCUT2D eigenvalue weighted by atomic mass is 16.5. The normalized spacial score (nSPS) is 15.7. The number of methoxy groups -OCH3 is 1. The van der Waals surface area contributed by atoms with Crippen molar-refractivity contribution in [1.29, 1.82) is 0 Å². The fourth-order valence-corrected chi connectivity index (χ4v) is 3.42.